The predicted molar refractivity (Wildman–Crippen MR) is 110 cm³/mol. The van der Waals surface area contributed by atoms with Gasteiger partial charge in [-0.05, 0) is 25.1 Å². The summed E-state index contributed by atoms with van der Waals surface area (Å²) in [4.78, 5) is 23.0. The van der Waals surface area contributed by atoms with Gasteiger partial charge in [0.1, 0.15) is 11.6 Å². The lowest BCUT2D eigenvalue weighted by molar-refractivity contribution is 0.0600. The zero-order valence-corrected chi connectivity index (χ0v) is 17.9. The van der Waals surface area contributed by atoms with Crippen LogP contribution in [-0.4, -0.2) is 61.9 Å². The maximum atomic E-state index is 13.0. The van der Waals surface area contributed by atoms with Gasteiger partial charge in [0.15, 0.2) is 0 Å². The summed E-state index contributed by atoms with van der Waals surface area (Å²) in [5.74, 6) is 1.27. The van der Waals surface area contributed by atoms with Crippen LogP contribution in [0.2, 0.25) is 0 Å². The standard InChI is InChI=1S/C20H26N4O4S/c1-14(2)19-21-15(3)12-18(22-19)23-8-10-24(11-9-23)29(26,27)17-7-5-6-16(13-17)20(25)28-4/h5-7,12-14H,8-11H2,1-4H3. The fraction of sp³-hybridized carbons (Fsp3) is 0.450. The molecular formula is C20H26N4O4S. The second-order valence-electron chi connectivity index (χ2n) is 7.29. The molecule has 2 heterocycles. The molecule has 0 aliphatic carbocycles. The Labute approximate surface area is 171 Å². The van der Waals surface area contributed by atoms with Crippen LogP contribution in [0.25, 0.3) is 0 Å². The lowest BCUT2D eigenvalue weighted by Gasteiger charge is -2.35. The number of rotatable bonds is 5. The first-order chi connectivity index (χ1) is 13.7. The van der Waals surface area contributed by atoms with Crippen LogP contribution in [-0.2, 0) is 14.8 Å². The van der Waals surface area contributed by atoms with E-state index < -0.39 is 16.0 Å². The molecule has 0 atom stereocenters. The molecule has 3 rings (SSSR count). The van der Waals surface area contributed by atoms with Crippen molar-refractivity contribution in [2.45, 2.75) is 31.6 Å². The highest BCUT2D eigenvalue weighted by molar-refractivity contribution is 7.89. The van der Waals surface area contributed by atoms with E-state index in [0.29, 0.717) is 26.2 Å². The van der Waals surface area contributed by atoms with Gasteiger partial charge in [-0.25, -0.2) is 23.2 Å². The quantitative estimate of drug-likeness (QED) is 0.687. The molecule has 2 aromatic rings. The van der Waals surface area contributed by atoms with E-state index in [1.807, 2.05) is 26.8 Å². The van der Waals surface area contributed by atoms with Crippen molar-refractivity contribution in [3.63, 3.8) is 0 Å². The Morgan fingerprint density at radius 2 is 1.79 bits per heavy atom. The summed E-state index contributed by atoms with van der Waals surface area (Å²) in [6.07, 6.45) is 0. The van der Waals surface area contributed by atoms with Crippen molar-refractivity contribution >= 4 is 21.8 Å². The molecule has 1 saturated heterocycles. The average molecular weight is 419 g/mol. The number of nitrogens with zero attached hydrogens (tertiary/aromatic N) is 4. The molecule has 8 nitrogen and oxygen atoms in total. The number of aromatic nitrogens is 2. The van der Waals surface area contributed by atoms with Gasteiger partial charge in [0.25, 0.3) is 0 Å². The molecule has 1 aliphatic rings. The van der Waals surface area contributed by atoms with Crippen LogP contribution in [0.4, 0.5) is 5.82 Å². The summed E-state index contributed by atoms with van der Waals surface area (Å²) < 4.78 is 32.2. The highest BCUT2D eigenvalue weighted by atomic mass is 32.2. The van der Waals surface area contributed by atoms with Crippen molar-refractivity contribution in [2.24, 2.45) is 0 Å². The molecule has 1 aromatic carbocycles. The van der Waals surface area contributed by atoms with E-state index in [2.05, 4.69) is 19.6 Å². The summed E-state index contributed by atoms with van der Waals surface area (Å²) in [5, 5.41) is 0. The highest BCUT2D eigenvalue weighted by Crippen LogP contribution is 2.22. The predicted octanol–water partition coefficient (Wildman–Crippen LogP) is 2.21. The van der Waals surface area contributed by atoms with Crippen LogP contribution in [0.5, 0.6) is 0 Å². The number of carbonyl (C=O) groups excluding carboxylic acids is 1. The Hall–Kier alpha value is -2.52. The van der Waals surface area contributed by atoms with Gasteiger partial charge in [-0.1, -0.05) is 19.9 Å². The fourth-order valence-corrected chi connectivity index (χ4v) is 4.67. The first kappa shape index (κ1) is 21.2. The Balaban J connectivity index is 1.76. The van der Waals surface area contributed by atoms with Crippen LogP contribution >= 0.6 is 0 Å². The summed E-state index contributed by atoms with van der Waals surface area (Å²) in [5.41, 5.74) is 1.11. The summed E-state index contributed by atoms with van der Waals surface area (Å²) in [7, 11) is -2.43. The normalized spacial score (nSPS) is 15.6. The first-order valence-corrected chi connectivity index (χ1v) is 11.0. The number of methoxy groups -OCH3 is 1. The second kappa shape index (κ2) is 8.46. The molecule has 1 aliphatic heterocycles. The van der Waals surface area contributed by atoms with Crippen molar-refractivity contribution in [2.75, 3.05) is 38.2 Å². The van der Waals surface area contributed by atoms with E-state index >= 15 is 0 Å². The minimum atomic E-state index is -3.70. The number of anilines is 1. The summed E-state index contributed by atoms with van der Waals surface area (Å²) in [6, 6.07) is 7.86. The molecule has 9 heteroatoms. The Morgan fingerprint density at radius 1 is 1.10 bits per heavy atom. The minimum Gasteiger partial charge on any atom is -0.465 e. The van der Waals surface area contributed by atoms with E-state index in [9.17, 15) is 13.2 Å². The molecule has 0 N–H and O–H groups in total. The van der Waals surface area contributed by atoms with Gasteiger partial charge < -0.3 is 9.64 Å². The van der Waals surface area contributed by atoms with Crippen molar-refractivity contribution in [3.8, 4) is 0 Å². The molecule has 0 bridgehead atoms. The Morgan fingerprint density at radius 3 is 2.41 bits per heavy atom. The van der Waals surface area contributed by atoms with Gasteiger partial charge in [0, 0.05) is 43.9 Å². The van der Waals surface area contributed by atoms with Gasteiger partial charge in [-0.15, -0.1) is 0 Å². The molecule has 0 radical (unpaired) electrons. The number of hydrogen-bond acceptors (Lipinski definition) is 7. The molecular weight excluding hydrogens is 392 g/mol. The lowest BCUT2D eigenvalue weighted by atomic mass is 10.2. The van der Waals surface area contributed by atoms with Crippen LogP contribution in [0.3, 0.4) is 0 Å². The van der Waals surface area contributed by atoms with Crippen LogP contribution in [0.15, 0.2) is 35.2 Å². The molecule has 0 saturated carbocycles. The number of hydrogen-bond donors (Lipinski definition) is 0. The zero-order chi connectivity index (χ0) is 21.2. The van der Waals surface area contributed by atoms with Crippen LogP contribution in [0, 0.1) is 6.92 Å². The summed E-state index contributed by atoms with van der Waals surface area (Å²) >= 11 is 0. The topological polar surface area (TPSA) is 92.7 Å². The third-order valence-corrected chi connectivity index (χ3v) is 6.72. The molecule has 0 spiro atoms. The largest absolute Gasteiger partial charge is 0.465 e. The molecule has 1 fully saturated rings. The number of benzene rings is 1. The van der Waals surface area contributed by atoms with E-state index in [1.54, 1.807) is 6.07 Å². The van der Waals surface area contributed by atoms with E-state index in [1.165, 1.54) is 29.6 Å². The van der Waals surface area contributed by atoms with Gasteiger partial charge in [-0.2, -0.15) is 4.31 Å². The lowest BCUT2D eigenvalue weighted by Crippen LogP contribution is -2.49. The molecule has 1 aromatic heterocycles. The summed E-state index contributed by atoms with van der Waals surface area (Å²) in [6.45, 7) is 7.77. The van der Waals surface area contributed by atoms with E-state index in [0.717, 1.165) is 17.3 Å². The molecule has 156 valence electrons. The van der Waals surface area contributed by atoms with Crippen molar-refractivity contribution in [3.05, 3.63) is 47.4 Å². The molecule has 29 heavy (non-hydrogen) atoms. The smallest absolute Gasteiger partial charge is 0.337 e. The third-order valence-electron chi connectivity index (χ3n) is 4.83. The average Bonchev–Trinajstić information content (AvgIpc) is 2.72. The first-order valence-electron chi connectivity index (χ1n) is 9.51. The molecule has 0 unspecified atom stereocenters. The number of ether oxygens (including phenoxy) is 1. The van der Waals surface area contributed by atoms with Gasteiger partial charge >= 0.3 is 5.97 Å². The SMILES string of the molecule is COC(=O)c1cccc(S(=O)(=O)N2CCN(c3cc(C)nc(C(C)C)n3)CC2)c1. The minimum absolute atomic E-state index is 0.0915. The van der Waals surface area contributed by atoms with Crippen LogP contribution in [0.1, 0.15) is 41.6 Å². The Bertz CT molecular complexity index is 999. The second-order valence-corrected chi connectivity index (χ2v) is 9.23. The number of carbonyl (C=O) groups is 1. The van der Waals surface area contributed by atoms with Gasteiger partial charge in [0.05, 0.1) is 17.6 Å². The fourth-order valence-electron chi connectivity index (χ4n) is 3.20. The third kappa shape index (κ3) is 4.56. The maximum absolute atomic E-state index is 13.0. The molecule has 0 amide bonds. The highest BCUT2D eigenvalue weighted by Gasteiger charge is 2.29. The number of sulfonamides is 1. The van der Waals surface area contributed by atoms with E-state index in [4.69, 9.17) is 0 Å². The zero-order valence-electron chi connectivity index (χ0n) is 17.1. The number of aryl methyl sites for hydroxylation is 1. The van der Waals surface area contributed by atoms with Crippen molar-refractivity contribution < 1.29 is 17.9 Å². The monoisotopic (exact) mass is 418 g/mol. The number of piperazine rings is 1. The maximum Gasteiger partial charge on any atom is 0.337 e. The van der Waals surface area contributed by atoms with Gasteiger partial charge in [-0.3, -0.25) is 0 Å². The van der Waals surface area contributed by atoms with Crippen LogP contribution < -0.4 is 4.90 Å². The Kier molecular flexibility index (Phi) is 6.18. The number of esters is 1. The van der Waals surface area contributed by atoms with E-state index in [-0.39, 0.29) is 16.4 Å². The van der Waals surface area contributed by atoms with Gasteiger partial charge in [0.2, 0.25) is 10.0 Å². The van der Waals surface area contributed by atoms with Crippen molar-refractivity contribution in [1.82, 2.24) is 14.3 Å². The van der Waals surface area contributed by atoms with Crippen molar-refractivity contribution in [1.29, 1.82) is 0 Å².